The lowest BCUT2D eigenvalue weighted by Gasteiger charge is -2.28. The molecule has 3 rings (SSSR count). The second-order valence-corrected chi connectivity index (χ2v) is 7.07. The highest BCUT2D eigenvalue weighted by atomic mass is 35.5. The number of rotatable bonds is 6. The van der Waals surface area contributed by atoms with Crippen molar-refractivity contribution < 1.29 is 4.79 Å². The smallest absolute Gasteiger partial charge is 0.251 e. The molecule has 2 aromatic rings. The zero-order chi connectivity index (χ0) is 17.5. The van der Waals surface area contributed by atoms with Gasteiger partial charge in [0.1, 0.15) is 0 Å². The molecule has 0 bridgehead atoms. The molecule has 3 nitrogen and oxygen atoms in total. The zero-order valence-corrected chi connectivity index (χ0v) is 15.2. The van der Waals surface area contributed by atoms with Crippen LogP contribution in [-0.2, 0) is 0 Å². The van der Waals surface area contributed by atoms with Gasteiger partial charge in [-0.15, -0.1) is 0 Å². The van der Waals surface area contributed by atoms with E-state index in [1.54, 1.807) is 0 Å². The fourth-order valence-corrected chi connectivity index (χ4v) is 3.47. The van der Waals surface area contributed by atoms with E-state index >= 15 is 0 Å². The van der Waals surface area contributed by atoms with Crippen LogP contribution in [0, 0.1) is 0 Å². The second kappa shape index (κ2) is 9.02. The van der Waals surface area contributed by atoms with Crippen LogP contribution in [0.25, 0.3) is 0 Å². The Morgan fingerprint density at radius 3 is 2.36 bits per heavy atom. The van der Waals surface area contributed by atoms with Crippen LogP contribution in [0.4, 0.5) is 0 Å². The Bertz CT molecular complexity index is 666. The van der Waals surface area contributed by atoms with E-state index in [0.717, 1.165) is 18.5 Å². The first kappa shape index (κ1) is 18.0. The Kier molecular flexibility index (Phi) is 6.48. The SMILES string of the molecule is O=C(NC(CCN1CCCCC1)c1ccc(Cl)cc1)c1ccccc1. The van der Waals surface area contributed by atoms with Crippen molar-refractivity contribution in [1.29, 1.82) is 0 Å². The molecule has 4 heteroatoms. The van der Waals surface area contributed by atoms with Crippen molar-refractivity contribution in [2.45, 2.75) is 31.7 Å². The Morgan fingerprint density at radius 1 is 1.00 bits per heavy atom. The van der Waals surface area contributed by atoms with Gasteiger partial charge in [-0.05, 0) is 62.2 Å². The molecule has 1 fully saturated rings. The number of benzene rings is 2. The minimum Gasteiger partial charge on any atom is -0.345 e. The third-order valence-electron chi connectivity index (χ3n) is 4.80. The third kappa shape index (κ3) is 5.32. The highest BCUT2D eigenvalue weighted by Gasteiger charge is 2.18. The molecule has 1 aliphatic heterocycles. The van der Waals surface area contributed by atoms with Crippen LogP contribution in [0.3, 0.4) is 0 Å². The quantitative estimate of drug-likeness (QED) is 0.814. The highest BCUT2D eigenvalue weighted by molar-refractivity contribution is 6.30. The van der Waals surface area contributed by atoms with Gasteiger partial charge in [0.25, 0.3) is 5.91 Å². The normalized spacial score (nSPS) is 16.4. The average Bonchev–Trinajstić information content (AvgIpc) is 2.67. The Hall–Kier alpha value is -1.84. The maximum absolute atomic E-state index is 12.6. The maximum Gasteiger partial charge on any atom is 0.251 e. The molecular formula is C21H25ClN2O. The van der Waals surface area contributed by atoms with Crippen LogP contribution in [0.15, 0.2) is 54.6 Å². The number of hydrogen-bond donors (Lipinski definition) is 1. The summed E-state index contributed by atoms with van der Waals surface area (Å²) in [5, 5.41) is 3.92. The monoisotopic (exact) mass is 356 g/mol. The van der Waals surface area contributed by atoms with Crippen LogP contribution in [-0.4, -0.2) is 30.4 Å². The molecule has 0 spiro atoms. The average molecular weight is 357 g/mol. The van der Waals surface area contributed by atoms with E-state index in [1.165, 1.54) is 32.4 Å². The Balaban J connectivity index is 1.69. The topological polar surface area (TPSA) is 32.3 Å². The maximum atomic E-state index is 12.6. The van der Waals surface area contributed by atoms with E-state index in [1.807, 2.05) is 54.6 Å². The van der Waals surface area contributed by atoms with E-state index < -0.39 is 0 Å². The first-order valence-corrected chi connectivity index (χ1v) is 9.44. The summed E-state index contributed by atoms with van der Waals surface area (Å²) in [6.07, 6.45) is 4.80. The fraction of sp³-hybridized carbons (Fsp3) is 0.381. The molecule has 1 saturated heterocycles. The summed E-state index contributed by atoms with van der Waals surface area (Å²) in [7, 11) is 0. The van der Waals surface area contributed by atoms with E-state index in [-0.39, 0.29) is 11.9 Å². The number of piperidine rings is 1. The third-order valence-corrected chi connectivity index (χ3v) is 5.05. The van der Waals surface area contributed by atoms with Crippen molar-refractivity contribution in [1.82, 2.24) is 10.2 Å². The van der Waals surface area contributed by atoms with E-state index in [0.29, 0.717) is 10.6 Å². The number of nitrogens with one attached hydrogen (secondary N) is 1. The molecule has 1 amide bonds. The van der Waals surface area contributed by atoms with Crippen molar-refractivity contribution in [3.63, 3.8) is 0 Å². The lowest BCUT2D eigenvalue weighted by molar-refractivity contribution is 0.0930. The van der Waals surface area contributed by atoms with Gasteiger partial charge in [0.2, 0.25) is 0 Å². The molecule has 25 heavy (non-hydrogen) atoms. The first-order chi connectivity index (χ1) is 12.2. The van der Waals surface area contributed by atoms with Crippen LogP contribution >= 0.6 is 11.6 Å². The van der Waals surface area contributed by atoms with Gasteiger partial charge in [-0.2, -0.15) is 0 Å². The zero-order valence-electron chi connectivity index (χ0n) is 14.5. The van der Waals surface area contributed by atoms with Crippen LogP contribution in [0.2, 0.25) is 5.02 Å². The highest BCUT2D eigenvalue weighted by Crippen LogP contribution is 2.21. The van der Waals surface area contributed by atoms with Gasteiger partial charge in [0, 0.05) is 17.1 Å². The molecule has 0 radical (unpaired) electrons. The van der Waals surface area contributed by atoms with Gasteiger partial charge in [0.05, 0.1) is 6.04 Å². The van der Waals surface area contributed by atoms with Gasteiger partial charge < -0.3 is 10.2 Å². The molecule has 1 unspecified atom stereocenters. The molecule has 1 atom stereocenters. The van der Waals surface area contributed by atoms with Gasteiger partial charge in [-0.1, -0.05) is 48.4 Å². The van der Waals surface area contributed by atoms with Gasteiger partial charge >= 0.3 is 0 Å². The first-order valence-electron chi connectivity index (χ1n) is 9.06. The molecular weight excluding hydrogens is 332 g/mol. The molecule has 1 aliphatic rings. The molecule has 0 aromatic heterocycles. The van der Waals surface area contributed by atoms with Crippen molar-refractivity contribution in [2.24, 2.45) is 0 Å². The number of carbonyl (C=O) groups is 1. The van der Waals surface area contributed by atoms with E-state index in [4.69, 9.17) is 11.6 Å². The molecule has 0 saturated carbocycles. The summed E-state index contributed by atoms with van der Waals surface area (Å²) in [5.41, 5.74) is 1.80. The summed E-state index contributed by atoms with van der Waals surface area (Å²) >= 11 is 6.02. The molecule has 132 valence electrons. The fourth-order valence-electron chi connectivity index (χ4n) is 3.34. The number of hydrogen-bond acceptors (Lipinski definition) is 2. The van der Waals surface area contributed by atoms with Crippen molar-refractivity contribution >= 4 is 17.5 Å². The summed E-state index contributed by atoms with van der Waals surface area (Å²) in [4.78, 5) is 15.1. The van der Waals surface area contributed by atoms with E-state index in [9.17, 15) is 4.79 Å². The lowest BCUT2D eigenvalue weighted by atomic mass is 10.0. The summed E-state index contributed by atoms with van der Waals surface area (Å²) in [6.45, 7) is 3.34. The van der Waals surface area contributed by atoms with Crippen molar-refractivity contribution in [3.05, 3.63) is 70.7 Å². The van der Waals surface area contributed by atoms with Gasteiger partial charge in [0.15, 0.2) is 0 Å². The van der Waals surface area contributed by atoms with Gasteiger partial charge in [-0.25, -0.2) is 0 Å². The predicted octanol–water partition coefficient (Wildman–Crippen LogP) is 4.69. The summed E-state index contributed by atoms with van der Waals surface area (Å²) < 4.78 is 0. The number of likely N-dealkylation sites (tertiary alicyclic amines) is 1. The van der Waals surface area contributed by atoms with Crippen LogP contribution in [0.5, 0.6) is 0 Å². The lowest BCUT2D eigenvalue weighted by Crippen LogP contribution is -2.35. The molecule has 0 aliphatic carbocycles. The summed E-state index contributed by atoms with van der Waals surface area (Å²) in [6, 6.07) is 17.2. The van der Waals surface area contributed by atoms with Gasteiger partial charge in [-0.3, -0.25) is 4.79 Å². The standard InChI is InChI=1S/C21H25ClN2O/c22-19-11-9-17(10-12-19)20(13-16-24-14-5-2-6-15-24)23-21(25)18-7-3-1-4-8-18/h1,3-4,7-12,20H,2,5-6,13-16H2,(H,23,25). The number of nitrogens with zero attached hydrogens (tertiary/aromatic N) is 1. The minimum atomic E-state index is -0.0285. The Morgan fingerprint density at radius 2 is 1.68 bits per heavy atom. The minimum absolute atomic E-state index is 0.00750. The molecule has 1 N–H and O–H groups in total. The number of carbonyl (C=O) groups excluding carboxylic acids is 1. The molecule has 2 aromatic carbocycles. The predicted molar refractivity (Wildman–Crippen MR) is 103 cm³/mol. The van der Waals surface area contributed by atoms with E-state index in [2.05, 4.69) is 10.2 Å². The number of amides is 1. The number of halogens is 1. The van der Waals surface area contributed by atoms with Crippen LogP contribution in [0.1, 0.15) is 47.6 Å². The van der Waals surface area contributed by atoms with Crippen LogP contribution < -0.4 is 5.32 Å². The molecule has 1 heterocycles. The van der Waals surface area contributed by atoms with Crippen molar-refractivity contribution in [3.8, 4) is 0 Å². The Labute approximate surface area is 155 Å². The second-order valence-electron chi connectivity index (χ2n) is 6.63. The largest absolute Gasteiger partial charge is 0.345 e. The van der Waals surface area contributed by atoms with Crippen molar-refractivity contribution in [2.75, 3.05) is 19.6 Å². The summed E-state index contributed by atoms with van der Waals surface area (Å²) in [5.74, 6) is -0.0285.